The molecule has 5 nitrogen and oxygen atoms in total. The van der Waals surface area contributed by atoms with Gasteiger partial charge < -0.3 is 15.3 Å². The fourth-order valence-electron chi connectivity index (χ4n) is 4.52. The molecule has 130 valence electrons. The van der Waals surface area contributed by atoms with Crippen LogP contribution in [0, 0.1) is 0 Å². The highest BCUT2D eigenvalue weighted by Crippen LogP contribution is 2.31. The molecule has 0 bridgehead atoms. The highest BCUT2D eigenvalue weighted by Gasteiger charge is 2.38. The summed E-state index contributed by atoms with van der Waals surface area (Å²) in [5.74, 6) is -0.0841. The van der Waals surface area contributed by atoms with Crippen LogP contribution in [0.5, 0.6) is 0 Å². The molecule has 1 unspecified atom stereocenters. The normalized spacial score (nSPS) is 28.8. The number of amides is 2. The molecule has 2 aliphatic carbocycles. The molecule has 3 aliphatic rings. The first-order valence-electron chi connectivity index (χ1n) is 9.40. The van der Waals surface area contributed by atoms with Gasteiger partial charge in [0.15, 0.2) is 0 Å². The Bertz CT molecular complexity index is 440. The van der Waals surface area contributed by atoms with Crippen molar-refractivity contribution in [3.05, 3.63) is 0 Å². The molecular formula is C18H30N2O3. The molecule has 1 atom stereocenters. The highest BCUT2D eigenvalue weighted by atomic mass is 16.3. The molecule has 0 aromatic carbocycles. The Morgan fingerprint density at radius 1 is 1.09 bits per heavy atom. The van der Waals surface area contributed by atoms with Crippen molar-refractivity contribution in [2.24, 2.45) is 0 Å². The van der Waals surface area contributed by atoms with Crippen molar-refractivity contribution in [3.63, 3.8) is 0 Å². The van der Waals surface area contributed by atoms with E-state index in [1.807, 2.05) is 4.90 Å². The van der Waals surface area contributed by atoms with Gasteiger partial charge in [0, 0.05) is 12.6 Å². The lowest BCUT2D eigenvalue weighted by atomic mass is 9.82. The summed E-state index contributed by atoms with van der Waals surface area (Å²) in [4.78, 5) is 26.8. The van der Waals surface area contributed by atoms with Crippen molar-refractivity contribution in [1.29, 1.82) is 0 Å². The maximum absolute atomic E-state index is 12.6. The second-order valence-electron chi connectivity index (χ2n) is 7.69. The van der Waals surface area contributed by atoms with Gasteiger partial charge >= 0.3 is 0 Å². The Morgan fingerprint density at radius 2 is 1.74 bits per heavy atom. The first-order chi connectivity index (χ1) is 11.1. The Hall–Kier alpha value is -1.10. The van der Waals surface area contributed by atoms with Crippen molar-refractivity contribution in [2.45, 2.75) is 94.7 Å². The van der Waals surface area contributed by atoms with Crippen LogP contribution in [0.1, 0.15) is 77.0 Å². The van der Waals surface area contributed by atoms with Gasteiger partial charge in [0.1, 0.15) is 6.04 Å². The average Bonchev–Trinajstić information content (AvgIpc) is 2.89. The average molecular weight is 322 g/mol. The van der Waals surface area contributed by atoms with E-state index in [9.17, 15) is 14.7 Å². The summed E-state index contributed by atoms with van der Waals surface area (Å²) < 4.78 is 0. The van der Waals surface area contributed by atoms with Gasteiger partial charge in [-0.1, -0.05) is 38.5 Å². The smallest absolute Gasteiger partial charge is 0.245 e. The lowest BCUT2D eigenvalue weighted by Crippen LogP contribution is -2.47. The number of carbonyl (C=O) groups is 2. The minimum absolute atomic E-state index is 0.0842. The molecule has 3 rings (SSSR count). The number of nitrogens with one attached hydrogen (secondary N) is 1. The van der Waals surface area contributed by atoms with Crippen LogP contribution in [-0.2, 0) is 9.59 Å². The molecule has 1 heterocycles. The van der Waals surface area contributed by atoms with Crippen molar-refractivity contribution in [3.8, 4) is 0 Å². The monoisotopic (exact) mass is 322 g/mol. The third-order valence-electron chi connectivity index (χ3n) is 5.86. The highest BCUT2D eigenvalue weighted by molar-refractivity contribution is 5.89. The molecule has 3 fully saturated rings. The van der Waals surface area contributed by atoms with Crippen LogP contribution in [0.25, 0.3) is 0 Å². The van der Waals surface area contributed by atoms with Gasteiger partial charge in [-0.3, -0.25) is 9.59 Å². The van der Waals surface area contributed by atoms with Crippen LogP contribution < -0.4 is 5.32 Å². The summed E-state index contributed by atoms with van der Waals surface area (Å²) in [7, 11) is 0. The first kappa shape index (κ1) is 16.7. The fourth-order valence-corrected chi connectivity index (χ4v) is 4.52. The minimum atomic E-state index is -0.854. The number of hydrogen-bond donors (Lipinski definition) is 2. The summed E-state index contributed by atoms with van der Waals surface area (Å²) in [6, 6.07) is -0.00250. The molecule has 0 aromatic heterocycles. The number of likely N-dealkylation sites (tertiary alicyclic amines) is 1. The standard InChI is InChI=1S/C18H30N2O3/c21-16(13-18(23)10-5-2-6-11-18)19-15-9-12-20(17(15)22)14-7-3-1-4-8-14/h14-15,23H,1-13H2,(H,19,21). The van der Waals surface area contributed by atoms with Gasteiger partial charge in [-0.05, 0) is 32.1 Å². The fraction of sp³-hybridized carbons (Fsp3) is 0.889. The van der Waals surface area contributed by atoms with E-state index in [0.29, 0.717) is 25.3 Å². The van der Waals surface area contributed by atoms with Crippen LogP contribution in [0.3, 0.4) is 0 Å². The predicted octanol–water partition coefficient (Wildman–Crippen LogP) is 2.12. The number of aliphatic hydroxyl groups is 1. The van der Waals surface area contributed by atoms with E-state index < -0.39 is 5.60 Å². The summed E-state index contributed by atoms with van der Waals surface area (Å²) in [6.45, 7) is 0.763. The van der Waals surface area contributed by atoms with Crippen molar-refractivity contribution < 1.29 is 14.7 Å². The zero-order valence-corrected chi connectivity index (χ0v) is 14.1. The largest absolute Gasteiger partial charge is 0.389 e. The number of carbonyl (C=O) groups excluding carboxylic acids is 2. The van der Waals surface area contributed by atoms with Crippen molar-refractivity contribution in [2.75, 3.05) is 6.54 Å². The molecular weight excluding hydrogens is 292 g/mol. The number of rotatable bonds is 4. The predicted molar refractivity (Wildman–Crippen MR) is 87.8 cm³/mol. The molecule has 0 spiro atoms. The minimum Gasteiger partial charge on any atom is -0.389 e. The van der Waals surface area contributed by atoms with E-state index >= 15 is 0 Å². The lowest BCUT2D eigenvalue weighted by molar-refractivity contribution is -0.136. The molecule has 2 saturated carbocycles. The van der Waals surface area contributed by atoms with Crippen LogP contribution >= 0.6 is 0 Å². The van der Waals surface area contributed by atoms with E-state index in [-0.39, 0.29) is 24.3 Å². The van der Waals surface area contributed by atoms with Crippen LogP contribution in [-0.4, -0.2) is 46.1 Å². The van der Waals surface area contributed by atoms with E-state index in [1.54, 1.807) is 0 Å². The second kappa shape index (κ2) is 7.20. The second-order valence-corrected chi connectivity index (χ2v) is 7.69. The Labute approximate surface area is 138 Å². The third kappa shape index (κ3) is 4.06. The van der Waals surface area contributed by atoms with E-state index in [1.165, 1.54) is 19.3 Å². The Kier molecular flexibility index (Phi) is 5.24. The van der Waals surface area contributed by atoms with Gasteiger partial charge in [0.05, 0.1) is 12.0 Å². The molecule has 2 amide bonds. The van der Waals surface area contributed by atoms with Gasteiger partial charge in [-0.25, -0.2) is 0 Å². The Balaban J connectivity index is 1.50. The van der Waals surface area contributed by atoms with E-state index in [2.05, 4.69) is 5.32 Å². The first-order valence-corrected chi connectivity index (χ1v) is 9.40. The third-order valence-corrected chi connectivity index (χ3v) is 5.86. The van der Waals surface area contributed by atoms with Gasteiger partial charge in [-0.2, -0.15) is 0 Å². The molecule has 0 aromatic rings. The topological polar surface area (TPSA) is 69.6 Å². The van der Waals surface area contributed by atoms with Crippen LogP contribution in [0.2, 0.25) is 0 Å². The lowest BCUT2D eigenvalue weighted by Gasteiger charge is -2.32. The summed E-state index contributed by atoms with van der Waals surface area (Å²) in [6.07, 6.45) is 11.3. The van der Waals surface area contributed by atoms with E-state index in [4.69, 9.17) is 0 Å². The molecule has 0 radical (unpaired) electrons. The SMILES string of the molecule is O=C(CC1(O)CCCCC1)NC1CCN(C2CCCCC2)C1=O. The summed E-state index contributed by atoms with van der Waals surface area (Å²) in [5.41, 5.74) is -0.854. The van der Waals surface area contributed by atoms with Crippen LogP contribution in [0.15, 0.2) is 0 Å². The van der Waals surface area contributed by atoms with Gasteiger partial charge in [0.2, 0.25) is 11.8 Å². The molecule has 1 saturated heterocycles. The molecule has 23 heavy (non-hydrogen) atoms. The number of nitrogens with zero attached hydrogens (tertiary/aromatic N) is 1. The van der Waals surface area contributed by atoms with Crippen LogP contribution in [0.4, 0.5) is 0 Å². The maximum Gasteiger partial charge on any atom is 0.245 e. The zero-order chi connectivity index (χ0) is 16.3. The number of hydrogen-bond acceptors (Lipinski definition) is 3. The molecule has 1 aliphatic heterocycles. The molecule has 2 N–H and O–H groups in total. The maximum atomic E-state index is 12.6. The summed E-state index contributed by atoms with van der Waals surface area (Å²) in [5, 5.41) is 13.4. The van der Waals surface area contributed by atoms with E-state index in [0.717, 1.165) is 38.6 Å². The summed E-state index contributed by atoms with van der Waals surface area (Å²) >= 11 is 0. The van der Waals surface area contributed by atoms with Gasteiger partial charge in [-0.15, -0.1) is 0 Å². The van der Waals surface area contributed by atoms with Crippen molar-refractivity contribution >= 4 is 11.8 Å². The van der Waals surface area contributed by atoms with Gasteiger partial charge in [0.25, 0.3) is 0 Å². The molecule has 5 heteroatoms. The zero-order valence-electron chi connectivity index (χ0n) is 14.1. The quantitative estimate of drug-likeness (QED) is 0.833. The Morgan fingerprint density at radius 3 is 2.43 bits per heavy atom. The van der Waals surface area contributed by atoms with Crippen molar-refractivity contribution in [1.82, 2.24) is 10.2 Å².